The number of halogens is 4. The second-order valence-corrected chi connectivity index (χ2v) is 4.64. The van der Waals surface area contributed by atoms with Gasteiger partial charge in [0.2, 0.25) is 0 Å². The van der Waals surface area contributed by atoms with E-state index in [-0.39, 0.29) is 11.6 Å². The van der Waals surface area contributed by atoms with Crippen LogP contribution in [-0.4, -0.2) is 19.7 Å². The number of ether oxygens (including phenoxy) is 1. The lowest BCUT2D eigenvalue weighted by molar-refractivity contribution is -0.137. The molecule has 1 saturated heterocycles. The van der Waals surface area contributed by atoms with Gasteiger partial charge < -0.3 is 10.1 Å². The van der Waals surface area contributed by atoms with Crippen molar-refractivity contribution >= 4 is 0 Å². The average molecular weight is 277 g/mol. The van der Waals surface area contributed by atoms with Gasteiger partial charge in [-0.3, -0.25) is 0 Å². The first-order chi connectivity index (χ1) is 8.90. The molecule has 1 aromatic rings. The highest BCUT2D eigenvalue weighted by atomic mass is 19.4. The number of hydrogen-bond acceptors (Lipinski definition) is 2. The minimum Gasteiger partial charge on any atom is -0.373 e. The van der Waals surface area contributed by atoms with E-state index >= 15 is 0 Å². The predicted molar refractivity (Wildman–Crippen MR) is 62.2 cm³/mol. The molecular weight excluding hydrogens is 262 g/mol. The lowest BCUT2D eigenvalue weighted by Crippen LogP contribution is -2.33. The molecule has 2 unspecified atom stereocenters. The van der Waals surface area contributed by atoms with Crippen LogP contribution < -0.4 is 5.32 Å². The molecule has 1 aromatic carbocycles. The van der Waals surface area contributed by atoms with E-state index in [2.05, 4.69) is 5.32 Å². The fraction of sp³-hybridized carbons (Fsp3) is 0.538. The topological polar surface area (TPSA) is 21.3 Å². The van der Waals surface area contributed by atoms with Gasteiger partial charge in [0.15, 0.2) is 0 Å². The SMILES string of the molecule is CNC1CCOC(c2cc(F)cc(C(F)(F)F)c2)C1. The van der Waals surface area contributed by atoms with Gasteiger partial charge in [0.05, 0.1) is 11.7 Å². The summed E-state index contributed by atoms with van der Waals surface area (Å²) in [5.74, 6) is -0.889. The molecule has 0 radical (unpaired) electrons. The number of hydrogen-bond donors (Lipinski definition) is 1. The average Bonchev–Trinajstić information content (AvgIpc) is 2.37. The summed E-state index contributed by atoms with van der Waals surface area (Å²) in [4.78, 5) is 0. The molecule has 0 aliphatic carbocycles. The summed E-state index contributed by atoms with van der Waals surface area (Å²) in [6.07, 6.45) is -3.71. The Morgan fingerprint density at radius 2 is 2.00 bits per heavy atom. The monoisotopic (exact) mass is 277 g/mol. The quantitative estimate of drug-likeness (QED) is 0.838. The maximum absolute atomic E-state index is 13.3. The van der Waals surface area contributed by atoms with Crippen LogP contribution in [0, 0.1) is 5.82 Å². The smallest absolute Gasteiger partial charge is 0.373 e. The molecule has 0 spiro atoms. The third-order valence-electron chi connectivity index (χ3n) is 3.31. The molecule has 1 aliphatic rings. The van der Waals surface area contributed by atoms with E-state index in [0.717, 1.165) is 18.6 Å². The standard InChI is InChI=1S/C13H15F4NO/c1-18-11-2-3-19-12(7-11)8-4-9(13(15,16)17)6-10(14)5-8/h4-6,11-12,18H,2-3,7H2,1H3. The molecule has 106 valence electrons. The Labute approximate surface area is 108 Å². The number of nitrogens with one attached hydrogen (secondary N) is 1. The molecule has 1 aliphatic heterocycles. The molecular formula is C13H15F4NO. The first-order valence-electron chi connectivity index (χ1n) is 6.06. The van der Waals surface area contributed by atoms with Crippen LogP contribution in [0.4, 0.5) is 17.6 Å². The summed E-state index contributed by atoms with van der Waals surface area (Å²) < 4.78 is 56.7. The van der Waals surface area contributed by atoms with Crippen molar-refractivity contribution in [1.82, 2.24) is 5.32 Å². The van der Waals surface area contributed by atoms with Crippen LogP contribution in [0.5, 0.6) is 0 Å². The first kappa shape index (κ1) is 14.3. The van der Waals surface area contributed by atoms with E-state index in [0.29, 0.717) is 19.1 Å². The maximum Gasteiger partial charge on any atom is 0.416 e. The van der Waals surface area contributed by atoms with Gasteiger partial charge in [-0.1, -0.05) is 0 Å². The van der Waals surface area contributed by atoms with Crippen molar-refractivity contribution in [3.05, 3.63) is 35.1 Å². The van der Waals surface area contributed by atoms with Crippen LogP contribution >= 0.6 is 0 Å². The largest absolute Gasteiger partial charge is 0.416 e. The van der Waals surface area contributed by atoms with Gasteiger partial charge in [-0.05, 0) is 43.7 Å². The summed E-state index contributed by atoms with van der Waals surface area (Å²) in [5.41, 5.74) is -0.732. The summed E-state index contributed by atoms with van der Waals surface area (Å²) in [7, 11) is 1.79. The fourth-order valence-electron chi connectivity index (χ4n) is 2.25. The number of rotatable bonds is 2. The second-order valence-electron chi connectivity index (χ2n) is 4.64. The second kappa shape index (κ2) is 5.46. The molecule has 2 nitrogen and oxygen atoms in total. The van der Waals surface area contributed by atoms with E-state index < -0.39 is 23.7 Å². The summed E-state index contributed by atoms with van der Waals surface area (Å²) in [6, 6.07) is 2.75. The van der Waals surface area contributed by atoms with Crippen LogP contribution in [0.3, 0.4) is 0 Å². The van der Waals surface area contributed by atoms with E-state index in [4.69, 9.17) is 4.74 Å². The van der Waals surface area contributed by atoms with Crippen LogP contribution in [0.2, 0.25) is 0 Å². The normalized spacial score (nSPS) is 24.5. The maximum atomic E-state index is 13.3. The molecule has 1 fully saturated rings. The van der Waals surface area contributed by atoms with Crippen LogP contribution in [0.15, 0.2) is 18.2 Å². The van der Waals surface area contributed by atoms with Gasteiger partial charge >= 0.3 is 6.18 Å². The Morgan fingerprint density at radius 3 is 2.63 bits per heavy atom. The number of alkyl halides is 3. The van der Waals surface area contributed by atoms with Gasteiger partial charge in [-0.2, -0.15) is 13.2 Å². The highest BCUT2D eigenvalue weighted by molar-refractivity contribution is 5.28. The molecule has 1 heterocycles. The minimum absolute atomic E-state index is 0.177. The van der Waals surface area contributed by atoms with Crippen LogP contribution in [0.25, 0.3) is 0 Å². The van der Waals surface area contributed by atoms with Crippen molar-refractivity contribution in [2.75, 3.05) is 13.7 Å². The molecule has 6 heteroatoms. The zero-order chi connectivity index (χ0) is 14.0. The summed E-state index contributed by atoms with van der Waals surface area (Å²) in [6.45, 7) is 0.452. The molecule has 2 rings (SSSR count). The Bertz CT molecular complexity index is 447. The van der Waals surface area contributed by atoms with Gasteiger partial charge in [0.25, 0.3) is 0 Å². The molecule has 0 amide bonds. The zero-order valence-corrected chi connectivity index (χ0v) is 10.4. The Balaban J connectivity index is 2.26. The van der Waals surface area contributed by atoms with Gasteiger partial charge in [0, 0.05) is 12.6 Å². The van der Waals surface area contributed by atoms with Crippen LogP contribution in [-0.2, 0) is 10.9 Å². The van der Waals surface area contributed by atoms with Crippen molar-refractivity contribution in [3.8, 4) is 0 Å². The van der Waals surface area contributed by atoms with Gasteiger partial charge in [-0.15, -0.1) is 0 Å². The van der Waals surface area contributed by atoms with Crippen molar-refractivity contribution in [3.63, 3.8) is 0 Å². The molecule has 19 heavy (non-hydrogen) atoms. The van der Waals surface area contributed by atoms with E-state index in [9.17, 15) is 17.6 Å². The van der Waals surface area contributed by atoms with Crippen LogP contribution in [0.1, 0.15) is 30.1 Å². The van der Waals surface area contributed by atoms with Gasteiger partial charge in [-0.25, -0.2) is 4.39 Å². The zero-order valence-electron chi connectivity index (χ0n) is 10.4. The highest BCUT2D eigenvalue weighted by Crippen LogP contribution is 2.34. The van der Waals surface area contributed by atoms with Crippen molar-refractivity contribution in [1.29, 1.82) is 0 Å². The highest BCUT2D eigenvalue weighted by Gasteiger charge is 2.33. The Hall–Kier alpha value is -1.14. The molecule has 0 bridgehead atoms. The first-order valence-corrected chi connectivity index (χ1v) is 6.06. The minimum atomic E-state index is -4.55. The van der Waals surface area contributed by atoms with E-state index in [1.54, 1.807) is 7.05 Å². The molecule has 1 N–H and O–H groups in total. The Morgan fingerprint density at radius 1 is 1.26 bits per heavy atom. The third kappa shape index (κ3) is 3.45. The molecule has 0 aromatic heterocycles. The predicted octanol–water partition coefficient (Wildman–Crippen LogP) is 3.28. The Kier molecular flexibility index (Phi) is 4.10. The lowest BCUT2D eigenvalue weighted by Gasteiger charge is -2.30. The third-order valence-corrected chi connectivity index (χ3v) is 3.31. The fourth-order valence-corrected chi connectivity index (χ4v) is 2.25. The summed E-state index contributed by atoms with van der Waals surface area (Å²) >= 11 is 0. The lowest BCUT2D eigenvalue weighted by atomic mass is 9.96. The molecule has 2 atom stereocenters. The van der Waals surface area contributed by atoms with E-state index in [1.807, 2.05) is 0 Å². The molecule has 0 saturated carbocycles. The van der Waals surface area contributed by atoms with Gasteiger partial charge in [0.1, 0.15) is 5.82 Å². The van der Waals surface area contributed by atoms with Crippen molar-refractivity contribution in [2.24, 2.45) is 0 Å². The van der Waals surface area contributed by atoms with E-state index in [1.165, 1.54) is 0 Å². The van der Waals surface area contributed by atoms with Crippen molar-refractivity contribution < 1.29 is 22.3 Å². The van der Waals surface area contributed by atoms with Crippen molar-refractivity contribution in [2.45, 2.75) is 31.2 Å². The summed E-state index contributed by atoms with van der Waals surface area (Å²) in [5, 5.41) is 3.07. The number of benzene rings is 1.